The second kappa shape index (κ2) is 9.93. The summed E-state index contributed by atoms with van der Waals surface area (Å²) in [6, 6.07) is 5.41. The van der Waals surface area contributed by atoms with Gasteiger partial charge in [-0.1, -0.05) is 24.3 Å². The first-order valence-electron chi connectivity index (χ1n) is 12.0. The number of amides is 4. The molecule has 2 fully saturated rings. The molecule has 1 aliphatic carbocycles. The van der Waals surface area contributed by atoms with Gasteiger partial charge in [0.05, 0.1) is 6.42 Å². The first-order chi connectivity index (χ1) is 16.7. The Morgan fingerprint density at radius 1 is 1.17 bits per heavy atom. The minimum absolute atomic E-state index is 0.0248. The highest BCUT2D eigenvalue weighted by atomic mass is 16.4. The van der Waals surface area contributed by atoms with E-state index in [0.717, 1.165) is 30.6 Å². The molecule has 2 heterocycles. The van der Waals surface area contributed by atoms with E-state index in [0.29, 0.717) is 19.5 Å². The van der Waals surface area contributed by atoms with Crippen LogP contribution in [0, 0.1) is 0 Å². The molecule has 0 aromatic heterocycles. The second-order valence-electron chi connectivity index (χ2n) is 9.54. The predicted octanol–water partition coefficient (Wildman–Crippen LogP) is 0.310. The van der Waals surface area contributed by atoms with Gasteiger partial charge in [-0.05, 0) is 55.1 Å². The van der Waals surface area contributed by atoms with Crippen LogP contribution in [-0.4, -0.2) is 76.4 Å². The number of nitrogens with one attached hydrogen (secondary N) is 1. The van der Waals surface area contributed by atoms with Crippen LogP contribution < -0.4 is 16.8 Å². The number of carbonyl (C=O) groups excluding carboxylic acids is 3. The highest BCUT2D eigenvalue weighted by molar-refractivity contribution is 6.08. The van der Waals surface area contributed by atoms with Crippen molar-refractivity contribution in [2.24, 2.45) is 16.5 Å². The fraction of sp³-hybridized carbons (Fsp3) is 0.542. The number of nitrogens with two attached hydrogens (primary N) is 2. The number of nitrogens with zero attached hydrogens (tertiary/aromatic N) is 3. The third-order valence-corrected chi connectivity index (χ3v) is 7.46. The van der Waals surface area contributed by atoms with E-state index in [-0.39, 0.29) is 24.3 Å². The van der Waals surface area contributed by atoms with Crippen LogP contribution in [0.2, 0.25) is 0 Å². The highest BCUT2D eigenvalue weighted by Gasteiger charge is 2.48. The molecule has 6 N–H and O–H groups in total. The molecule has 0 radical (unpaired) electrons. The van der Waals surface area contributed by atoms with Crippen LogP contribution >= 0.6 is 0 Å². The Hall–Kier alpha value is -3.63. The van der Waals surface area contributed by atoms with Gasteiger partial charge in [0.1, 0.15) is 12.1 Å². The molecule has 0 unspecified atom stereocenters. The number of likely N-dealkylation sites (tertiary alicyclic amines) is 1. The van der Waals surface area contributed by atoms with Crippen molar-refractivity contribution >= 4 is 29.8 Å². The average molecular weight is 485 g/mol. The molecule has 4 rings (SSSR count). The summed E-state index contributed by atoms with van der Waals surface area (Å²) in [5.74, 6) is -2.42. The zero-order chi connectivity index (χ0) is 25.2. The van der Waals surface area contributed by atoms with Crippen molar-refractivity contribution in [2.45, 2.75) is 62.4 Å². The van der Waals surface area contributed by atoms with Gasteiger partial charge >= 0.3 is 12.0 Å². The van der Waals surface area contributed by atoms with Gasteiger partial charge in [-0.25, -0.2) is 9.69 Å². The van der Waals surface area contributed by atoms with Gasteiger partial charge in [0.2, 0.25) is 5.91 Å². The lowest BCUT2D eigenvalue weighted by Crippen LogP contribution is -2.55. The van der Waals surface area contributed by atoms with Crippen molar-refractivity contribution in [1.29, 1.82) is 0 Å². The number of aliphatic imine (C=N–C) groups is 1. The van der Waals surface area contributed by atoms with E-state index in [4.69, 9.17) is 11.5 Å². The number of guanidine groups is 1. The smallest absolute Gasteiger partial charge is 0.325 e. The zero-order valence-electron chi connectivity index (χ0n) is 19.6. The van der Waals surface area contributed by atoms with Crippen LogP contribution in [0.15, 0.2) is 29.3 Å². The molecule has 2 saturated heterocycles. The summed E-state index contributed by atoms with van der Waals surface area (Å²) in [7, 11) is 0. The van der Waals surface area contributed by atoms with E-state index in [9.17, 15) is 24.3 Å². The Morgan fingerprint density at radius 3 is 2.57 bits per heavy atom. The molecule has 1 spiro atoms. The summed E-state index contributed by atoms with van der Waals surface area (Å²) in [6.45, 7) is 1.20. The largest absolute Gasteiger partial charge is 0.481 e. The lowest BCUT2D eigenvalue weighted by molar-refractivity contribution is -0.148. The van der Waals surface area contributed by atoms with Crippen LogP contribution in [0.3, 0.4) is 0 Å². The van der Waals surface area contributed by atoms with E-state index >= 15 is 0 Å². The number of urea groups is 1. The molecule has 3 aliphatic rings. The summed E-state index contributed by atoms with van der Waals surface area (Å²) < 4.78 is 0. The molecular weight excluding hydrogens is 452 g/mol. The highest BCUT2D eigenvalue weighted by Crippen LogP contribution is 2.46. The van der Waals surface area contributed by atoms with Crippen molar-refractivity contribution in [1.82, 2.24) is 15.1 Å². The number of carbonyl (C=O) groups is 4. The molecule has 11 nitrogen and oxygen atoms in total. The van der Waals surface area contributed by atoms with Crippen molar-refractivity contribution in [2.75, 3.05) is 19.6 Å². The number of hydrogen-bond donors (Lipinski definition) is 4. The van der Waals surface area contributed by atoms with Gasteiger partial charge < -0.3 is 26.8 Å². The summed E-state index contributed by atoms with van der Waals surface area (Å²) >= 11 is 0. The van der Waals surface area contributed by atoms with Crippen LogP contribution in [-0.2, 0) is 26.2 Å². The summed E-state index contributed by atoms with van der Waals surface area (Å²) in [4.78, 5) is 56.9. The van der Waals surface area contributed by atoms with Gasteiger partial charge in [-0.2, -0.15) is 0 Å². The summed E-state index contributed by atoms with van der Waals surface area (Å²) in [6.07, 6.45) is 3.66. The Bertz CT molecular complexity index is 1040. The Balaban J connectivity index is 1.44. The number of rotatable bonds is 8. The molecule has 188 valence electrons. The third kappa shape index (κ3) is 4.94. The molecule has 1 aromatic rings. The van der Waals surface area contributed by atoms with Gasteiger partial charge in [0.15, 0.2) is 5.96 Å². The van der Waals surface area contributed by atoms with Crippen molar-refractivity contribution in [3.05, 3.63) is 35.4 Å². The lowest BCUT2D eigenvalue weighted by atomic mass is 9.74. The number of aliphatic carboxylic acids is 1. The van der Waals surface area contributed by atoms with E-state index < -0.39 is 42.3 Å². The number of carboxylic acids is 1. The maximum atomic E-state index is 13.4. The minimum Gasteiger partial charge on any atom is -0.481 e. The molecular formula is C24H32N6O5. The maximum absolute atomic E-state index is 13.4. The third-order valence-electron chi connectivity index (χ3n) is 7.46. The average Bonchev–Trinajstić information content (AvgIpc) is 3.32. The second-order valence-corrected chi connectivity index (χ2v) is 9.54. The van der Waals surface area contributed by atoms with Crippen LogP contribution in [0.25, 0.3) is 0 Å². The number of imide groups is 1. The first-order valence-corrected chi connectivity index (χ1v) is 12.0. The van der Waals surface area contributed by atoms with Crippen LogP contribution in [0.1, 0.15) is 49.7 Å². The summed E-state index contributed by atoms with van der Waals surface area (Å²) in [5, 5.41) is 12.0. The number of aryl methyl sites for hydroxylation is 1. The first kappa shape index (κ1) is 24.5. The van der Waals surface area contributed by atoms with Crippen molar-refractivity contribution in [3.8, 4) is 0 Å². The monoisotopic (exact) mass is 484 g/mol. The number of fused-ring (bicyclic) bond motifs is 2. The number of benzene rings is 1. The van der Waals surface area contributed by atoms with Crippen molar-refractivity contribution in [3.63, 3.8) is 0 Å². The van der Waals surface area contributed by atoms with E-state index in [2.05, 4.69) is 22.4 Å². The number of carboxylic acid groups (broad SMARTS) is 1. The summed E-state index contributed by atoms with van der Waals surface area (Å²) in [5.41, 5.74) is 13.3. The minimum atomic E-state index is -1.38. The fourth-order valence-electron chi connectivity index (χ4n) is 5.65. The topological polar surface area (TPSA) is 171 Å². The maximum Gasteiger partial charge on any atom is 0.325 e. The van der Waals surface area contributed by atoms with Gasteiger partial charge in [0, 0.05) is 19.6 Å². The molecule has 1 aromatic carbocycles. The van der Waals surface area contributed by atoms with E-state index in [1.165, 1.54) is 11.1 Å². The van der Waals surface area contributed by atoms with Crippen molar-refractivity contribution < 1.29 is 24.3 Å². The van der Waals surface area contributed by atoms with Crippen LogP contribution in [0.5, 0.6) is 0 Å². The van der Waals surface area contributed by atoms with Gasteiger partial charge in [-0.15, -0.1) is 0 Å². The van der Waals surface area contributed by atoms with Gasteiger partial charge in [-0.3, -0.25) is 19.4 Å². The Kier molecular flexibility index (Phi) is 6.95. The fourth-order valence-corrected chi connectivity index (χ4v) is 5.65. The molecule has 35 heavy (non-hydrogen) atoms. The molecule has 11 heteroatoms. The Morgan fingerprint density at radius 2 is 1.89 bits per heavy atom. The van der Waals surface area contributed by atoms with E-state index in [1.807, 2.05) is 12.1 Å². The molecule has 0 saturated carbocycles. The zero-order valence-corrected chi connectivity index (χ0v) is 19.6. The normalized spacial score (nSPS) is 21.5. The number of hydrogen-bond acceptors (Lipinski definition) is 5. The molecule has 2 aliphatic heterocycles. The standard InChI is InChI=1S/C24H32N6O5/c25-22(26)27-11-3-6-17-20(33)30(23(35)28-17)18(14-19(31)32)21(34)29-12-9-24(10-13-29)8-7-15-4-1-2-5-16(15)24/h1-2,4-5,17-18H,3,6-14H2,(H,28,35)(H,31,32)(H4,25,26,27)/t17-,18-/m1/s1. The molecule has 4 amide bonds. The lowest BCUT2D eigenvalue weighted by Gasteiger charge is -2.41. The quantitative estimate of drug-likeness (QED) is 0.178. The Labute approximate surface area is 203 Å². The molecule has 2 atom stereocenters. The number of piperidine rings is 1. The van der Waals surface area contributed by atoms with Crippen LogP contribution in [0.4, 0.5) is 4.79 Å². The predicted molar refractivity (Wildman–Crippen MR) is 127 cm³/mol. The van der Waals surface area contributed by atoms with Gasteiger partial charge in [0.25, 0.3) is 5.91 Å². The van der Waals surface area contributed by atoms with E-state index in [1.54, 1.807) is 4.90 Å². The SMILES string of the molecule is NC(N)=NCCC[C@H]1NC(=O)N([C@H](CC(=O)O)C(=O)N2CCC3(CCc4ccccc43)CC2)C1=O. The molecule has 0 bridgehead atoms.